The number of nitrogens with zero attached hydrogens (tertiary/aromatic N) is 3. The summed E-state index contributed by atoms with van der Waals surface area (Å²) in [6.07, 6.45) is 1.65. The predicted octanol–water partition coefficient (Wildman–Crippen LogP) is 1.16. The van der Waals surface area contributed by atoms with E-state index in [1.54, 1.807) is 22.8 Å². The fourth-order valence-corrected chi connectivity index (χ4v) is 2.30. The van der Waals surface area contributed by atoms with Gasteiger partial charge in [-0.05, 0) is 11.1 Å². The van der Waals surface area contributed by atoms with Gasteiger partial charge < -0.3 is 10.6 Å². The number of nitrogens with two attached hydrogens (primary N) is 1. The summed E-state index contributed by atoms with van der Waals surface area (Å²) in [4.78, 5) is 14.1. The summed E-state index contributed by atoms with van der Waals surface area (Å²) in [5.74, 6) is -0.107. The molecule has 0 bridgehead atoms. The first kappa shape index (κ1) is 10.8. The van der Waals surface area contributed by atoms with E-state index in [2.05, 4.69) is 5.10 Å². The number of carbonyl (C=O) groups is 1. The van der Waals surface area contributed by atoms with Gasteiger partial charge in [0.15, 0.2) is 5.69 Å². The SMILES string of the molecule is Cn1cc(N)c(C(=O)N2Cc3ccccc3C2)n1. The summed E-state index contributed by atoms with van der Waals surface area (Å²) in [6.45, 7) is 1.26. The van der Waals surface area contributed by atoms with Crippen LogP contribution in [0.2, 0.25) is 0 Å². The van der Waals surface area contributed by atoms with E-state index >= 15 is 0 Å². The smallest absolute Gasteiger partial charge is 0.277 e. The Balaban J connectivity index is 1.87. The highest BCUT2D eigenvalue weighted by Crippen LogP contribution is 2.24. The van der Waals surface area contributed by atoms with Gasteiger partial charge >= 0.3 is 0 Å². The number of fused-ring (bicyclic) bond motifs is 1. The Bertz CT molecular complexity index is 592. The van der Waals surface area contributed by atoms with Gasteiger partial charge in [0.05, 0.1) is 5.69 Å². The fourth-order valence-electron chi connectivity index (χ4n) is 2.30. The molecule has 1 amide bonds. The van der Waals surface area contributed by atoms with Gasteiger partial charge in [0.1, 0.15) is 0 Å². The number of aryl methyl sites for hydroxylation is 1. The molecule has 18 heavy (non-hydrogen) atoms. The first-order chi connectivity index (χ1) is 8.65. The van der Waals surface area contributed by atoms with Crippen molar-refractivity contribution in [3.8, 4) is 0 Å². The number of aromatic nitrogens is 2. The van der Waals surface area contributed by atoms with E-state index in [1.165, 1.54) is 11.1 Å². The van der Waals surface area contributed by atoms with Crippen molar-refractivity contribution in [2.75, 3.05) is 5.73 Å². The lowest BCUT2D eigenvalue weighted by Gasteiger charge is -2.13. The molecule has 1 aliphatic heterocycles. The summed E-state index contributed by atoms with van der Waals surface area (Å²) in [7, 11) is 1.76. The highest BCUT2D eigenvalue weighted by atomic mass is 16.2. The van der Waals surface area contributed by atoms with Crippen LogP contribution in [-0.2, 0) is 20.1 Å². The molecule has 5 nitrogen and oxygen atoms in total. The number of benzene rings is 1. The van der Waals surface area contributed by atoms with E-state index in [-0.39, 0.29) is 5.91 Å². The second-order valence-corrected chi connectivity index (χ2v) is 4.54. The van der Waals surface area contributed by atoms with Crippen LogP contribution in [0.3, 0.4) is 0 Å². The molecule has 92 valence electrons. The van der Waals surface area contributed by atoms with Crippen LogP contribution in [0.5, 0.6) is 0 Å². The molecular formula is C13H14N4O. The second-order valence-electron chi connectivity index (χ2n) is 4.54. The van der Waals surface area contributed by atoms with Crippen LogP contribution in [0.1, 0.15) is 21.6 Å². The third-order valence-electron chi connectivity index (χ3n) is 3.19. The zero-order valence-electron chi connectivity index (χ0n) is 10.1. The summed E-state index contributed by atoms with van der Waals surface area (Å²) >= 11 is 0. The summed E-state index contributed by atoms with van der Waals surface area (Å²) < 4.78 is 1.56. The van der Waals surface area contributed by atoms with Crippen molar-refractivity contribution in [3.05, 3.63) is 47.3 Å². The molecule has 1 aromatic carbocycles. The number of anilines is 1. The van der Waals surface area contributed by atoms with Crippen LogP contribution in [-0.4, -0.2) is 20.6 Å². The number of rotatable bonds is 1. The third-order valence-corrected chi connectivity index (χ3v) is 3.19. The lowest BCUT2D eigenvalue weighted by molar-refractivity contribution is 0.0745. The van der Waals surface area contributed by atoms with Crippen molar-refractivity contribution in [1.29, 1.82) is 0 Å². The maximum atomic E-state index is 12.3. The van der Waals surface area contributed by atoms with Crippen molar-refractivity contribution < 1.29 is 4.79 Å². The fraction of sp³-hybridized carbons (Fsp3) is 0.231. The minimum Gasteiger partial charge on any atom is -0.396 e. The minimum absolute atomic E-state index is 0.107. The molecule has 3 rings (SSSR count). The third kappa shape index (κ3) is 1.64. The Morgan fingerprint density at radius 2 is 1.89 bits per heavy atom. The molecule has 2 N–H and O–H groups in total. The van der Waals surface area contributed by atoms with E-state index in [0.717, 1.165) is 0 Å². The number of amides is 1. The largest absolute Gasteiger partial charge is 0.396 e. The maximum Gasteiger partial charge on any atom is 0.277 e. The van der Waals surface area contributed by atoms with E-state index in [1.807, 2.05) is 24.3 Å². The van der Waals surface area contributed by atoms with Gasteiger partial charge in [0.2, 0.25) is 0 Å². The average Bonchev–Trinajstić information content (AvgIpc) is 2.91. The maximum absolute atomic E-state index is 12.3. The van der Waals surface area contributed by atoms with Gasteiger partial charge in [-0.2, -0.15) is 5.10 Å². The van der Waals surface area contributed by atoms with Gasteiger partial charge in [-0.25, -0.2) is 0 Å². The molecule has 0 atom stereocenters. The quantitative estimate of drug-likeness (QED) is 0.816. The lowest BCUT2D eigenvalue weighted by atomic mass is 10.1. The first-order valence-corrected chi connectivity index (χ1v) is 5.80. The van der Waals surface area contributed by atoms with Crippen molar-refractivity contribution >= 4 is 11.6 Å². The Hall–Kier alpha value is -2.30. The monoisotopic (exact) mass is 242 g/mol. The van der Waals surface area contributed by atoms with Crippen molar-refractivity contribution in [1.82, 2.24) is 14.7 Å². The number of nitrogen functional groups attached to an aromatic ring is 1. The van der Waals surface area contributed by atoms with Crippen LogP contribution < -0.4 is 5.73 Å². The van der Waals surface area contributed by atoms with Gasteiger partial charge in [0, 0.05) is 26.3 Å². The normalized spacial score (nSPS) is 13.7. The second kappa shape index (κ2) is 3.87. The molecule has 2 aromatic rings. The van der Waals surface area contributed by atoms with Crippen molar-refractivity contribution in [2.24, 2.45) is 7.05 Å². The van der Waals surface area contributed by atoms with Crippen LogP contribution in [0.25, 0.3) is 0 Å². The Morgan fingerprint density at radius 1 is 1.28 bits per heavy atom. The summed E-state index contributed by atoms with van der Waals surface area (Å²) in [6, 6.07) is 8.07. The molecule has 0 saturated carbocycles. The lowest BCUT2D eigenvalue weighted by Crippen LogP contribution is -2.26. The topological polar surface area (TPSA) is 64.2 Å². The molecule has 1 aromatic heterocycles. The first-order valence-electron chi connectivity index (χ1n) is 5.80. The Labute approximate surface area is 105 Å². The molecule has 0 unspecified atom stereocenters. The molecule has 0 fully saturated rings. The zero-order valence-corrected chi connectivity index (χ0v) is 10.1. The standard InChI is InChI=1S/C13H14N4O/c1-16-8-11(14)12(15-16)13(18)17-6-9-4-2-3-5-10(9)7-17/h2-5,8H,6-7,14H2,1H3. The Kier molecular flexibility index (Phi) is 2.33. The molecular weight excluding hydrogens is 228 g/mol. The van der Waals surface area contributed by atoms with Gasteiger partial charge in [0.25, 0.3) is 5.91 Å². The predicted molar refractivity (Wildman–Crippen MR) is 67.6 cm³/mol. The van der Waals surface area contributed by atoms with Gasteiger partial charge in [-0.15, -0.1) is 0 Å². The van der Waals surface area contributed by atoms with Crippen LogP contribution in [0, 0.1) is 0 Å². The van der Waals surface area contributed by atoms with E-state index < -0.39 is 0 Å². The van der Waals surface area contributed by atoms with Crippen molar-refractivity contribution in [2.45, 2.75) is 13.1 Å². The molecule has 1 aliphatic rings. The summed E-state index contributed by atoms with van der Waals surface area (Å²) in [5.41, 5.74) is 8.94. The summed E-state index contributed by atoms with van der Waals surface area (Å²) in [5, 5.41) is 4.12. The highest BCUT2D eigenvalue weighted by Gasteiger charge is 2.26. The van der Waals surface area contributed by atoms with E-state index in [4.69, 9.17) is 5.73 Å². The molecule has 0 aliphatic carbocycles. The van der Waals surface area contributed by atoms with Crippen LogP contribution in [0.4, 0.5) is 5.69 Å². The Morgan fingerprint density at radius 3 is 2.39 bits per heavy atom. The van der Waals surface area contributed by atoms with E-state index in [9.17, 15) is 4.79 Å². The highest BCUT2D eigenvalue weighted by molar-refractivity contribution is 5.97. The van der Waals surface area contributed by atoms with Crippen LogP contribution >= 0.6 is 0 Å². The zero-order chi connectivity index (χ0) is 12.7. The number of hydrogen-bond donors (Lipinski definition) is 1. The number of carbonyl (C=O) groups excluding carboxylic acids is 1. The molecule has 0 spiro atoms. The van der Waals surface area contributed by atoms with Crippen molar-refractivity contribution in [3.63, 3.8) is 0 Å². The molecule has 2 heterocycles. The molecule has 5 heteroatoms. The minimum atomic E-state index is -0.107. The van der Waals surface area contributed by atoms with Gasteiger partial charge in [-0.1, -0.05) is 24.3 Å². The van der Waals surface area contributed by atoms with Gasteiger partial charge in [-0.3, -0.25) is 9.48 Å². The number of hydrogen-bond acceptors (Lipinski definition) is 3. The molecule has 0 radical (unpaired) electrons. The van der Waals surface area contributed by atoms with E-state index in [0.29, 0.717) is 24.5 Å². The average molecular weight is 242 g/mol. The van der Waals surface area contributed by atoms with Crippen LogP contribution in [0.15, 0.2) is 30.5 Å². The molecule has 0 saturated heterocycles.